The van der Waals surface area contributed by atoms with E-state index in [1.54, 1.807) is 0 Å². The van der Waals surface area contributed by atoms with Crippen LogP contribution in [0.2, 0.25) is 0 Å². The van der Waals surface area contributed by atoms with Gasteiger partial charge in [0.2, 0.25) is 0 Å². The fourth-order valence-corrected chi connectivity index (χ4v) is 2.06. The van der Waals surface area contributed by atoms with Crippen LogP contribution in [0.15, 0.2) is 0 Å². The van der Waals surface area contributed by atoms with E-state index in [0.29, 0.717) is 6.42 Å². The molecule has 0 heterocycles. The molecule has 2 nitrogen and oxygen atoms in total. The number of hydrogen-bond donors (Lipinski definition) is 0. The number of unbranched alkanes of at least 4 members (excludes halogenated alkanes) is 4. The maximum atomic E-state index is 11.5. The van der Waals surface area contributed by atoms with Crippen molar-refractivity contribution < 1.29 is 9.53 Å². The third-order valence-corrected chi connectivity index (χ3v) is 2.72. The standard InChI is InChI=1S/C15H30O2/c1-6-7-8-9-10-11-14(16)17-13(2)12-15(3,4)5/h13H,6-12H2,1-5H3. The first-order chi connectivity index (χ1) is 7.85. The van der Waals surface area contributed by atoms with Gasteiger partial charge in [-0.2, -0.15) is 0 Å². The lowest BCUT2D eigenvalue weighted by Crippen LogP contribution is -2.21. The van der Waals surface area contributed by atoms with E-state index in [9.17, 15) is 4.79 Å². The monoisotopic (exact) mass is 242 g/mol. The molecule has 102 valence electrons. The van der Waals surface area contributed by atoms with E-state index < -0.39 is 0 Å². The van der Waals surface area contributed by atoms with E-state index in [1.807, 2.05) is 6.92 Å². The number of rotatable bonds is 8. The van der Waals surface area contributed by atoms with Crippen LogP contribution in [0.1, 0.15) is 79.6 Å². The maximum Gasteiger partial charge on any atom is 0.306 e. The van der Waals surface area contributed by atoms with Gasteiger partial charge in [-0.05, 0) is 25.2 Å². The Balaban J connectivity index is 3.58. The van der Waals surface area contributed by atoms with Gasteiger partial charge in [0.1, 0.15) is 0 Å². The van der Waals surface area contributed by atoms with Crippen molar-refractivity contribution in [2.45, 2.75) is 85.7 Å². The van der Waals surface area contributed by atoms with E-state index in [2.05, 4.69) is 27.7 Å². The Morgan fingerprint density at radius 1 is 1.12 bits per heavy atom. The van der Waals surface area contributed by atoms with Crippen molar-refractivity contribution in [3.05, 3.63) is 0 Å². The van der Waals surface area contributed by atoms with Gasteiger partial charge in [0, 0.05) is 6.42 Å². The SMILES string of the molecule is CCCCCCCC(=O)OC(C)CC(C)(C)C. The second kappa shape index (κ2) is 8.54. The minimum absolute atomic E-state index is 0.0294. The van der Waals surface area contributed by atoms with Crippen molar-refractivity contribution in [3.8, 4) is 0 Å². The third kappa shape index (κ3) is 11.7. The van der Waals surface area contributed by atoms with Gasteiger partial charge in [-0.3, -0.25) is 4.79 Å². The van der Waals surface area contributed by atoms with Gasteiger partial charge in [-0.25, -0.2) is 0 Å². The summed E-state index contributed by atoms with van der Waals surface area (Å²) in [4.78, 5) is 11.5. The van der Waals surface area contributed by atoms with E-state index in [1.165, 1.54) is 19.3 Å². The van der Waals surface area contributed by atoms with E-state index in [-0.39, 0.29) is 17.5 Å². The molecule has 0 saturated heterocycles. The van der Waals surface area contributed by atoms with Gasteiger partial charge >= 0.3 is 5.97 Å². The Hall–Kier alpha value is -0.530. The van der Waals surface area contributed by atoms with Crippen LogP contribution >= 0.6 is 0 Å². The molecular formula is C15H30O2. The summed E-state index contributed by atoms with van der Waals surface area (Å²) in [7, 11) is 0. The zero-order chi connectivity index (χ0) is 13.3. The number of hydrogen-bond acceptors (Lipinski definition) is 2. The summed E-state index contributed by atoms with van der Waals surface area (Å²) in [5, 5.41) is 0. The van der Waals surface area contributed by atoms with Crippen molar-refractivity contribution in [3.63, 3.8) is 0 Å². The maximum absolute atomic E-state index is 11.5. The normalized spacial score (nSPS) is 13.5. The van der Waals surface area contributed by atoms with E-state index in [0.717, 1.165) is 19.3 Å². The predicted octanol–water partition coefficient (Wildman–Crippen LogP) is 4.71. The van der Waals surface area contributed by atoms with Gasteiger partial charge in [-0.15, -0.1) is 0 Å². The van der Waals surface area contributed by atoms with Gasteiger partial charge in [-0.1, -0.05) is 53.4 Å². The molecule has 17 heavy (non-hydrogen) atoms. The Bertz CT molecular complexity index is 203. The molecule has 0 aromatic rings. The molecule has 1 atom stereocenters. The molecular weight excluding hydrogens is 212 g/mol. The largest absolute Gasteiger partial charge is 0.463 e. The molecule has 0 saturated carbocycles. The quantitative estimate of drug-likeness (QED) is 0.455. The minimum Gasteiger partial charge on any atom is -0.463 e. The Labute approximate surface area is 107 Å². The van der Waals surface area contributed by atoms with Crippen LogP contribution in [-0.4, -0.2) is 12.1 Å². The average Bonchev–Trinajstić information content (AvgIpc) is 2.14. The molecule has 0 bridgehead atoms. The molecule has 0 radical (unpaired) electrons. The van der Waals surface area contributed by atoms with Gasteiger partial charge in [0.15, 0.2) is 0 Å². The average molecular weight is 242 g/mol. The number of carbonyl (C=O) groups is 1. The smallest absolute Gasteiger partial charge is 0.306 e. The van der Waals surface area contributed by atoms with E-state index >= 15 is 0 Å². The lowest BCUT2D eigenvalue weighted by molar-refractivity contribution is -0.149. The first-order valence-corrected chi connectivity index (χ1v) is 7.04. The van der Waals surface area contributed by atoms with Crippen LogP contribution < -0.4 is 0 Å². The van der Waals surface area contributed by atoms with Crippen molar-refractivity contribution >= 4 is 5.97 Å². The molecule has 0 aliphatic rings. The third-order valence-electron chi connectivity index (χ3n) is 2.72. The van der Waals surface area contributed by atoms with Gasteiger partial charge in [0.05, 0.1) is 6.10 Å². The summed E-state index contributed by atoms with van der Waals surface area (Å²) in [5.41, 5.74) is 0.223. The molecule has 0 spiro atoms. The fourth-order valence-electron chi connectivity index (χ4n) is 2.06. The molecule has 2 heteroatoms. The predicted molar refractivity (Wildman–Crippen MR) is 73.0 cm³/mol. The van der Waals surface area contributed by atoms with Crippen molar-refractivity contribution in [2.75, 3.05) is 0 Å². The van der Waals surface area contributed by atoms with Crippen molar-refractivity contribution in [2.24, 2.45) is 5.41 Å². The molecule has 0 fully saturated rings. The lowest BCUT2D eigenvalue weighted by atomic mass is 9.90. The summed E-state index contributed by atoms with van der Waals surface area (Å²) >= 11 is 0. The lowest BCUT2D eigenvalue weighted by Gasteiger charge is -2.23. The van der Waals surface area contributed by atoms with Crippen LogP contribution in [0.25, 0.3) is 0 Å². The molecule has 0 aliphatic heterocycles. The highest BCUT2D eigenvalue weighted by molar-refractivity contribution is 5.69. The Kier molecular flexibility index (Phi) is 8.28. The summed E-state index contributed by atoms with van der Waals surface area (Å²) in [6.07, 6.45) is 7.42. The first-order valence-electron chi connectivity index (χ1n) is 7.04. The van der Waals surface area contributed by atoms with E-state index in [4.69, 9.17) is 4.74 Å². The topological polar surface area (TPSA) is 26.3 Å². The van der Waals surface area contributed by atoms with Crippen molar-refractivity contribution in [1.82, 2.24) is 0 Å². The zero-order valence-electron chi connectivity index (χ0n) is 12.3. The molecule has 0 amide bonds. The molecule has 0 N–H and O–H groups in total. The molecule has 1 unspecified atom stereocenters. The minimum atomic E-state index is -0.0294. The van der Waals surface area contributed by atoms with Gasteiger partial charge < -0.3 is 4.74 Å². The second-order valence-corrected chi connectivity index (χ2v) is 6.23. The fraction of sp³-hybridized carbons (Fsp3) is 0.933. The highest BCUT2D eigenvalue weighted by Gasteiger charge is 2.17. The highest BCUT2D eigenvalue weighted by Crippen LogP contribution is 2.22. The van der Waals surface area contributed by atoms with Crippen molar-refractivity contribution in [1.29, 1.82) is 0 Å². The van der Waals surface area contributed by atoms with Crippen LogP contribution in [0, 0.1) is 5.41 Å². The van der Waals surface area contributed by atoms with Crippen LogP contribution in [0.3, 0.4) is 0 Å². The molecule has 0 aromatic carbocycles. The molecule has 0 rings (SSSR count). The number of carbonyl (C=O) groups excluding carboxylic acids is 1. The highest BCUT2D eigenvalue weighted by atomic mass is 16.5. The first kappa shape index (κ1) is 16.5. The molecule has 0 aromatic heterocycles. The Morgan fingerprint density at radius 3 is 2.24 bits per heavy atom. The number of esters is 1. The Morgan fingerprint density at radius 2 is 1.71 bits per heavy atom. The second-order valence-electron chi connectivity index (χ2n) is 6.23. The number of ether oxygens (including phenoxy) is 1. The summed E-state index contributed by atoms with van der Waals surface area (Å²) < 4.78 is 5.39. The van der Waals surface area contributed by atoms with Crippen LogP contribution in [0.4, 0.5) is 0 Å². The summed E-state index contributed by atoms with van der Waals surface area (Å²) in [6.45, 7) is 10.7. The van der Waals surface area contributed by atoms with Crippen LogP contribution in [0.5, 0.6) is 0 Å². The zero-order valence-corrected chi connectivity index (χ0v) is 12.3. The van der Waals surface area contributed by atoms with Crippen LogP contribution in [-0.2, 0) is 9.53 Å². The van der Waals surface area contributed by atoms with Gasteiger partial charge in [0.25, 0.3) is 0 Å². The molecule has 0 aliphatic carbocycles. The summed E-state index contributed by atoms with van der Waals surface area (Å²) in [6, 6.07) is 0. The summed E-state index contributed by atoms with van der Waals surface area (Å²) in [5.74, 6) is -0.0294.